The van der Waals surface area contributed by atoms with Crippen LogP contribution >= 0.6 is 0 Å². The predicted molar refractivity (Wildman–Crippen MR) is 83.2 cm³/mol. The van der Waals surface area contributed by atoms with Crippen LogP contribution in [0.1, 0.15) is 17.4 Å². The van der Waals surface area contributed by atoms with E-state index < -0.39 is 24.4 Å². The molecule has 134 valence electrons. The van der Waals surface area contributed by atoms with Crippen molar-refractivity contribution in [1.82, 2.24) is 25.5 Å². The van der Waals surface area contributed by atoms with Gasteiger partial charge in [-0.3, -0.25) is 4.79 Å². The summed E-state index contributed by atoms with van der Waals surface area (Å²) in [6.07, 6.45) is 0.200. The number of aryl methyl sites for hydroxylation is 1. The topological polar surface area (TPSA) is 119 Å². The van der Waals surface area contributed by atoms with E-state index in [0.717, 1.165) is 0 Å². The smallest absolute Gasteiger partial charge is 0.329 e. The van der Waals surface area contributed by atoms with Crippen LogP contribution in [0.5, 0.6) is 0 Å². The first kappa shape index (κ1) is 18.5. The summed E-state index contributed by atoms with van der Waals surface area (Å²) in [7, 11) is 0. The molecular formula is C15H18FN5O4. The molecule has 1 unspecified atom stereocenters. The number of tetrazole rings is 1. The van der Waals surface area contributed by atoms with Gasteiger partial charge in [0.05, 0.1) is 6.61 Å². The molecule has 2 rings (SSSR count). The Morgan fingerprint density at radius 2 is 2.24 bits per heavy atom. The standard InChI is InChI=1S/C15H18FN5O4/c1-10-18-19-20-21(10)13(8-11-3-2-4-12(16)7-11)15(24)17-5-6-25-9-14(22)23/h2-4,7,13H,5-6,8-9H2,1H3,(H,17,24)(H,22,23). The summed E-state index contributed by atoms with van der Waals surface area (Å²) in [5, 5.41) is 22.2. The second kappa shape index (κ2) is 8.83. The van der Waals surface area contributed by atoms with Gasteiger partial charge in [-0.1, -0.05) is 12.1 Å². The molecule has 0 saturated carbocycles. The number of rotatable bonds is 9. The van der Waals surface area contributed by atoms with Gasteiger partial charge in [-0.2, -0.15) is 0 Å². The van der Waals surface area contributed by atoms with Crippen molar-refractivity contribution in [3.05, 3.63) is 41.5 Å². The van der Waals surface area contributed by atoms with Gasteiger partial charge in [-0.25, -0.2) is 13.9 Å². The molecular weight excluding hydrogens is 333 g/mol. The maximum Gasteiger partial charge on any atom is 0.329 e. The first-order valence-electron chi connectivity index (χ1n) is 7.53. The van der Waals surface area contributed by atoms with E-state index in [4.69, 9.17) is 9.84 Å². The maximum atomic E-state index is 13.4. The molecule has 9 nitrogen and oxygen atoms in total. The van der Waals surface area contributed by atoms with Crippen molar-refractivity contribution in [2.45, 2.75) is 19.4 Å². The lowest BCUT2D eigenvalue weighted by Crippen LogP contribution is -2.37. The van der Waals surface area contributed by atoms with Crippen LogP contribution in [0.2, 0.25) is 0 Å². The largest absolute Gasteiger partial charge is 0.480 e. The van der Waals surface area contributed by atoms with E-state index in [1.165, 1.54) is 16.8 Å². The van der Waals surface area contributed by atoms with E-state index in [1.807, 2.05) is 0 Å². The predicted octanol–water partition coefficient (Wildman–Crippen LogP) is 0.122. The second-order valence-corrected chi connectivity index (χ2v) is 5.26. The molecule has 1 heterocycles. The third-order valence-corrected chi connectivity index (χ3v) is 3.34. The Bertz CT molecular complexity index is 736. The number of benzene rings is 1. The SMILES string of the molecule is Cc1nnnn1C(Cc1cccc(F)c1)C(=O)NCCOCC(=O)O. The number of halogens is 1. The van der Waals surface area contributed by atoms with Crippen molar-refractivity contribution < 1.29 is 23.8 Å². The lowest BCUT2D eigenvalue weighted by Gasteiger charge is -2.17. The van der Waals surface area contributed by atoms with Crippen LogP contribution in [0.4, 0.5) is 4.39 Å². The van der Waals surface area contributed by atoms with E-state index in [-0.39, 0.29) is 25.5 Å². The summed E-state index contributed by atoms with van der Waals surface area (Å²) < 4.78 is 19.6. The number of amides is 1. The normalized spacial score (nSPS) is 11.9. The summed E-state index contributed by atoms with van der Waals surface area (Å²) in [5.41, 5.74) is 0.622. The van der Waals surface area contributed by atoms with Crippen molar-refractivity contribution in [1.29, 1.82) is 0 Å². The molecule has 0 bridgehead atoms. The van der Waals surface area contributed by atoms with Crippen molar-refractivity contribution in [2.75, 3.05) is 19.8 Å². The van der Waals surface area contributed by atoms with E-state index in [0.29, 0.717) is 11.4 Å². The lowest BCUT2D eigenvalue weighted by molar-refractivity contribution is -0.142. The second-order valence-electron chi connectivity index (χ2n) is 5.26. The van der Waals surface area contributed by atoms with Crippen molar-refractivity contribution in [2.24, 2.45) is 0 Å². The molecule has 10 heteroatoms. The minimum Gasteiger partial charge on any atom is -0.480 e. The van der Waals surface area contributed by atoms with Gasteiger partial charge in [-0.05, 0) is 35.0 Å². The van der Waals surface area contributed by atoms with Crippen molar-refractivity contribution in [3.63, 3.8) is 0 Å². The van der Waals surface area contributed by atoms with E-state index in [1.54, 1.807) is 19.1 Å². The van der Waals surface area contributed by atoms with Gasteiger partial charge in [-0.15, -0.1) is 5.10 Å². The fraction of sp³-hybridized carbons (Fsp3) is 0.400. The average Bonchev–Trinajstić information content (AvgIpc) is 2.97. The number of nitrogens with one attached hydrogen (secondary N) is 1. The fourth-order valence-corrected chi connectivity index (χ4v) is 2.23. The van der Waals surface area contributed by atoms with Gasteiger partial charge >= 0.3 is 5.97 Å². The number of carboxylic acids is 1. The molecule has 1 amide bonds. The van der Waals surface area contributed by atoms with Crippen LogP contribution in [0.15, 0.2) is 24.3 Å². The molecule has 0 fully saturated rings. The number of nitrogens with zero attached hydrogens (tertiary/aromatic N) is 4. The van der Waals surface area contributed by atoms with Crippen LogP contribution in [0.3, 0.4) is 0 Å². The molecule has 1 aromatic heterocycles. The first-order valence-corrected chi connectivity index (χ1v) is 7.53. The van der Waals surface area contributed by atoms with Gasteiger partial charge in [0.25, 0.3) is 0 Å². The van der Waals surface area contributed by atoms with Crippen molar-refractivity contribution in [3.8, 4) is 0 Å². The third-order valence-electron chi connectivity index (χ3n) is 3.34. The lowest BCUT2D eigenvalue weighted by atomic mass is 10.1. The Morgan fingerprint density at radius 1 is 1.44 bits per heavy atom. The van der Waals surface area contributed by atoms with Crippen LogP contribution < -0.4 is 5.32 Å². The zero-order chi connectivity index (χ0) is 18.2. The number of aliphatic carboxylic acids is 1. The molecule has 0 aliphatic carbocycles. The zero-order valence-corrected chi connectivity index (χ0v) is 13.6. The highest BCUT2D eigenvalue weighted by Gasteiger charge is 2.24. The number of hydrogen-bond acceptors (Lipinski definition) is 6. The molecule has 0 aliphatic heterocycles. The number of aromatic nitrogens is 4. The Balaban J connectivity index is 2.03. The van der Waals surface area contributed by atoms with Gasteiger partial charge in [0.15, 0.2) is 0 Å². The van der Waals surface area contributed by atoms with Crippen LogP contribution in [0, 0.1) is 12.7 Å². The van der Waals surface area contributed by atoms with Gasteiger partial charge in [0, 0.05) is 13.0 Å². The molecule has 0 spiro atoms. The molecule has 0 radical (unpaired) electrons. The van der Waals surface area contributed by atoms with Crippen molar-refractivity contribution >= 4 is 11.9 Å². The molecule has 1 atom stereocenters. The summed E-state index contributed by atoms with van der Waals surface area (Å²) in [6, 6.07) is 5.16. The average molecular weight is 351 g/mol. The number of carbonyl (C=O) groups excluding carboxylic acids is 1. The maximum absolute atomic E-state index is 13.4. The Kier molecular flexibility index (Phi) is 6.52. The Hall–Kier alpha value is -2.88. The van der Waals surface area contributed by atoms with Gasteiger partial charge in [0.1, 0.15) is 24.3 Å². The molecule has 2 N–H and O–H groups in total. The molecule has 0 saturated heterocycles. The van der Waals surface area contributed by atoms with Crippen LogP contribution in [-0.4, -0.2) is 56.9 Å². The van der Waals surface area contributed by atoms with Crippen LogP contribution in [-0.2, 0) is 20.7 Å². The van der Waals surface area contributed by atoms with Crippen LogP contribution in [0.25, 0.3) is 0 Å². The molecule has 1 aromatic carbocycles. The van der Waals surface area contributed by atoms with E-state index >= 15 is 0 Å². The Labute approximate surface area is 142 Å². The van der Waals surface area contributed by atoms with Gasteiger partial charge in [0.2, 0.25) is 5.91 Å². The summed E-state index contributed by atoms with van der Waals surface area (Å²) in [4.78, 5) is 22.8. The minimum atomic E-state index is -1.08. The summed E-state index contributed by atoms with van der Waals surface area (Å²) in [6.45, 7) is 1.41. The van der Waals surface area contributed by atoms with E-state index in [9.17, 15) is 14.0 Å². The zero-order valence-electron chi connectivity index (χ0n) is 13.6. The number of carbonyl (C=O) groups is 2. The molecule has 0 aliphatic rings. The number of carboxylic acid groups (broad SMARTS) is 1. The van der Waals surface area contributed by atoms with E-state index in [2.05, 4.69) is 20.8 Å². The highest BCUT2D eigenvalue weighted by atomic mass is 19.1. The molecule has 2 aromatic rings. The Morgan fingerprint density at radius 3 is 2.88 bits per heavy atom. The summed E-state index contributed by atoms with van der Waals surface area (Å²) >= 11 is 0. The number of ether oxygens (including phenoxy) is 1. The quantitative estimate of drug-likeness (QED) is 0.616. The van der Waals surface area contributed by atoms with Gasteiger partial charge < -0.3 is 15.2 Å². The first-order chi connectivity index (χ1) is 12.0. The monoisotopic (exact) mass is 351 g/mol. The minimum absolute atomic E-state index is 0.0549. The highest BCUT2D eigenvalue weighted by Crippen LogP contribution is 2.16. The number of hydrogen-bond donors (Lipinski definition) is 2. The molecule has 25 heavy (non-hydrogen) atoms. The summed E-state index contributed by atoms with van der Waals surface area (Å²) in [5.74, 6) is -1.41. The highest BCUT2D eigenvalue weighted by molar-refractivity contribution is 5.80. The third kappa shape index (κ3) is 5.60. The fourth-order valence-electron chi connectivity index (χ4n) is 2.23.